The van der Waals surface area contributed by atoms with Crippen LogP contribution in [0, 0.1) is 0 Å². The maximum atomic E-state index is 11.4. The van der Waals surface area contributed by atoms with E-state index in [4.69, 9.17) is 4.74 Å². The Morgan fingerprint density at radius 3 is 2.45 bits per heavy atom. The van der Waals surface area contributed by atoms with Crippen molar-refractivity contribution in [2.75, 3.05) is 19.4 Å². The number of hydrogen-bond acceptors (Lipinski definition) is 3. The Labute approximate surface area is 123 Å². The van der Waals surface area contributed by atoms with Gasteiger partial charge in [-0.1, -0.05) is 18.2 Å². The van der Waals surface area contributed by atoms with Crippen LogP contribution in [0.3, 0.4) is 0 Å². The van der Waals surface area contributed by atoms with Gasteiger partial charge < -0.3 is 10.1 Å². The molecule has 1 N–H and O–H groups in total. The van der Waals surface area contributed by atoms with E-state index in [9.17, 15) is 4.79 Å². The van der Waals surface area contributed by atoms with Gasteiger partial charge >= 0.3 is 0 Å². The SMILES string of the molecule is CNC(=O)c1ccc(OCCSc2ccccc2)cc1. The minimum Gasteiger partial charge on any atom is -0.493 e. The zero-order valence-electron chi connectivity index (χ0n) is 11.3. The molecule has 2 aromatic carbocycles. The van der Waals surface area contributed by atoms with E-state index in [-0.39, 0.29) is 5.91 Å². The summed E-state index contributed by atoms with van der Waals surface area (Å²) in [5.74, 6) is 1.59. The highest BCUT2D eigenvalue weighted by Crippen LogP contribution is 2.17. The molecule has 0 aliphatic heterocycles. The lowest BCUT2D eigenvalue weighted by molar-refractivity contribution is 0.0963. The Morgan fingerprint density at radius 2 is 1.80 bits per heavy atom. The number of rotatable bonds is 6. The summed E-state index contributed by atoms with van der Waals surface area (Å²) in [5, 5.41) is 2.59. The summed E-state index contributed by atoms with van der Waals surface area (Å²) in [4.78, 5) is 12.6. The molecule has 0 atom stereocenters. The first-order valence-electron chi connectivity index (χ1n) is 6.42. The highest BCUT2D eigenvalue weighted by atomic mass is 32.2. The van der Waals surface area contributed by atoms with Crippen LogP contribution in [0.1, 0.15) is 10.4 Å². The van der Waals surface area contributed by atoms with E-state index >= 15 is 0 Å². The van der Waals surface area contributed by atoms with Gasteiger partial charge in [-0.2, -0.15) is 0 Å². The van der Waals surface area contributed by atoms with Crippen molar-refractivity contribution in [1.82, 2.24) is 5.32 Å². The molecule has 0 saturated heterocycles. The molecule has 0 aliphatic rings. The molecule has 2 aromatic rings. The average molecular weight is 287 g/mol. The van der Waals surface area contributed by atoms with Gasteiger partial charge in [-0.25, -0.2) is 0 Å². The van der Waals surface area contributed by atoms with E-state index < -0.39 is 0 Å². The first-order valence-corrected chi connectivity index (χ1v) is 7.41. The second kappa shape index (κ2) is 7.60. The lowest BCUT2D eigenvalue weighted by Crippen LogP contribution is -2.17. The molecule has 0 bridgehead atoms. The van der Waals surface area contributed by atoms with Gasteiger partial charge in [0.2, 0.25) is 0 Å². The van der Waals surface area contributed by atoms with Crippen molar-refractivity contribution in [3.8, 4) is 5.75 Å². The van der Waals surface area contributed by atoms with Gasteiger partial charge in [-0.3, -0.25) is 4.79 Å². The number of hydrogen-bond donors (Lipinski definition) is 1. The Hall–Kier alpha value is -1.94. The molecule has 0 aromatic heterocycles. The number of nitrogens with one attached hydrogen (secondary N) is 1. The van der Waals surface area contributed by atoms with E-state index in [0.29, 0.717) is 12.2 Å². The molecule has 0 spiro atoms. The van der Waals surface area contributed by atoms with Crippen molar-refractivity contribution >= 4 is 17.7 Å². The summed E-state index contributed by atoms with van der Waals surface area (Å²) >= 11 is 1.76. The van der Waals surface area contributed by atoms with Crippen LogP contribution < -0.4 is 10.1 Å². The number of carbonyl (C=O) groups excluding carboxylic acids is 1. The summed E-state index contributed by atoms with van der Waals surface area (Å²) in [5.41, 5.74) is 0.638. The van der Waals surface area contributed by atoms with Crippen molar-refractivity contribution in [2.24, 2.45) is 0 Å². The van der Waals surface area contributed by atoms with Gasteiger partial charge in [0.25, 0.3) is 5.91 Å². The zero-order valence-corrected chi connectivity index (χ0v) is 12.2. The molecule has 0 radical (unpaired) electrons. The first-order chi connectivity index (χ1) is 9.79. The lowest BCUT2D eigenvalue weighted by atomic mass is 10.2. The molecule has 20 heavy (non-hydrogen) atoms. The van der Waals surface area contributed by atoms with Gasteiger partial charge in [-0.05, 0) is 36.4 Å². The minimum atomic E-state index is -0.0869. The van der Waals surface area contributed by atoms with E-state index in [2.05, 4.69) is 17.4 Å². The van der Waals surface area contributed by atoms with Gasteiger partial charge in [-0.15, -0.1) is 11.8 Å². The third kappa shape index (κ3) is 4.31. The standard InChI is InChI=1S/C16H17NO2S/c1-17-16(18)13-7-9-14(10-8-13)19-11-12-20-15-5-3-2-4-6-15/h2-10H,11-12H2,1H3,(H,17,18). The first kappa shape index (κ1) is 14.5. The summed E-state index contributed by atoms with van der Waals surface area (Å²) in [7, 11) is 1.62. The fourth-order valence-electron chi connectivity index (χ4n) is 1.68. The molecule has 2 rings (SSSR count). The average Bonchev–Trinajstić information content (AvgIpc) is 2.52. The van der Waals surface area contributed by atoms with Crippen LogP contribution in [0.5, 0.6) is 5.75 Å². The van der Waals surface area contributed by atoms with Crippen molar-refractivity contribution in [3.63, 3.8) is 0 Å². The summed E-state index contributed by atoms with van der Waals surface area (Å²) in [6, 6.07) is 17.4. The Morgan fingerprint density at radius 1 is 1.10 bits per heavy atom. The van der Waals surface area contributed by atoms with Crippen LogP contribution >= 0.6 is 11.8 Å². The molecule has 0 aliphatic carbocycles. The summed E-state index contributed by atoms with van der Waals surface area (Å²) in [6.07, 6.45) is 0. The van der Waals surface area contributed by atoms with Crippen LogP contribution in [0.4, 0.5) is 0 Å². The number of thioether (sulfide) groups is 1. The predicted octanol–water partition coefficient (Wildman–Crippen LogP) is 3.22. The van der Waals surface area contributed by atoms with Gasteiger partial charge in [0.1, 0.15) is 5.75 Å². The Kier molecular flexibility index (Phi) is 5.50. The lowest BCUT2D eigenvalue weighted by Gasteiger charge is -2.07. The quantitative estimate of drug-likeness (QED) is 0.655. The van der Waals surface area contributed by atoms with Crippen molar-refractivity contribution < 1.29 is 9.53 Å². The van der Waals surface area contributed by atoms with Crippen LogP contribution in [0.25, 0.3) is 0 Å². The highest BCUT2D eigenvalue weighted by molar-refractivity contribution is 7.99. The van der Waals surface area contributed by atoms with E-state index in [1.165, 1.54) is 4.90 Å². The van der Waals surface area contributed by atoms with Gasteiger partial charge in [0, 0.05) is 23.3 Å². The summed E-state index contributed by atoms with van der Waals surface area (Å²) in [6.45, 7) is 0.638. The smallest absolute Gasteiger partial charge is 0.251 e. The van der Waals surface area contributed by atoms with Crippen molar-refractivity contribution in [1.29, 1.82) is 0 Å². The molecule has 0 saturated carbocycles. The van der Waals surface area contributed by atoms with Crippen LogP contribution in [-0.4, -0.2) is 25.3 Å². The van der Waals surface area contributed by atoms with Gasteiger partial charge in [0.05, 0.1) is 6.61 Å². The Balaban J connectivity index is 1.75. The maximum Gasteiger partial charge on any atom is 0.251 e. The minimum absolute atomic E-state index is 0.0869. The number of ether oxygens (including phenoxy) is 1. The van der Waals surface area contributed by atoms with E-state index in [1.54, 1.807) is 30.9 Å². The molecular weight excluding hydrogens is 270 g/mol. The molecular formula is C16H17NO2S. The highest BCUT2D eigenvalue weighted by Gasteiger charge is 2.02. The van der Waals surface area contributed by atoms with Crippen LogP contribution in [0.15, 0.2) is 59.5 Å². The third-order valence-electron chi connectivity index (χ3n) is 2.71. The molecule has 0 unspecified atom stereocenters. The molecule has 1 amide bonds. The van der Waals surface area contributed by atoms with Gasteiger partial charge in [0.15, 0.2) is 0 Å². The largest absolute Gasteiger partial charge is 0.493 e. The molecule has 0 heterocycles. The number of amides is 1. The molecule has 3 nitrogen and oxygen atoms in total. The molecule has 104 valence electrons. The Bertz CT molecular complexity index is 540. The zero-order chi connectivity index (χ0) is 14.2. The predicted molar refractivity (Wildman–Crippen MR) is 82.5 cm³/mol. The topological polar surface area (TPSA) is 38.3 Å². The second-order valence-corrected chi connectivity index (χ2v) is 5.28. The summed E-state index contributed by atoms with van der Waals surface area (Å²) < 4.78 is 5.64. The third-order valence-corrected chi connectivity index (χ3v) is 3.68. The normalized spacial score (nSPS) is 10.1. The van der Waals surface area contributed by atoms with Crippen molar-refractivity contribution in [2.45, 2.75) is 4.90 Å². The van der Waals surface area contributed by atoms with Crippen LogP contribution in [0.2, 0.25) is 0 Å². The molecule has 0 fully saturated rings. The fourth-order valence-corrected chi connectivity index (χ4v) is 2.43. The van der Waals surface area contributed by atoms with Crippen molar-refractivity contribution in [3.05, 3.63) is 60.2 Å². The number of benzene rings is 2. The van der Waals surface area contributed by atoms with Crippen LogP contribution in [-0.2, 0) is 0 Å². The maximum absolute atomic E-state index is 11.4. The monoisotopic (exact) mass is 287 g/mol. The van der Waals surface area contributed by atoms with E-state index in [1.807, 2.05) is 30.3 Å². The number of carbonyl (C=O) groups is 1. The van der Waals surface area contributed by atoms with E-state index in [0.717, 1.165) is 11.5 Å². The second-order valence-electron chi connectivity index (χ2n) is 4.11. The fraction of sp³-hybridized carbons (Fsp3) is 0.188. The molecule has 4 heteroatoms.